The van der Waals surface area contributed by atoms with Crippen molar-refractivity contribution in [1.82, 2.24) is 5.32 Å². The summed E-state index contributed by atoms with van der Waals surface area (Å²) in [6.45, 7) is 8.21. The lowest BCUT2D eigenvalue weighted by Crippen LogP contribution is -2.24. The Morgan fingerprint density at radius 3 is 2.50 bits per heavy atom. The SMILES string of the molecule is CC(=O)CC(=O)NCc1cc(C(C)C)ccc1C. The average molecular weight is 247 g/mol. The largest absolute Gasteiger partial charge is 0.352 e. The van der Waals surface area contributed by atoms with Gasteiger partial charge in [-0.1, -0.05) is 32.0 Å². The molecule has 0 radical (unpaired) electrons. The molecule has 0 aliphatic heterocycles. The zero-order valence-electron chi connectivity index (χ0n) is 11.5. The minimum atomic E-state index is -0.211. The third-order valence-corrected chi connectivity index (χ3v) is 2.93. The third-order valence-electron chi connectivity index (χ3n) is 2.93. The molecule has 0 spiro atoms. The molecule has 0 aliphatic carbocycles. The van der Waals surface area contributed by atoms with E-state index < -0.39 is 0 Å². The molecule has 3 nitrogen and oxygen atoms in total. The minimum Gasteiger partial charge on any atom is -0.352 e. The predicted octanol–water partition coefficient (Wildman–Crippen LogP) is 2.71. The van der Waals surface area contributed by atoms with E-state index in [0.717, 1.165) is 11.1 Å². The molecule has 0 saturated carbocycles. The topological polar surface area (TPSA) is 46.2 Å². The van der Waals surface area contributed by atoms with Gasteiger partial charge < -0.3 is 5.32 Å². The Bertz CT molecular complexity index is 450. The van der Waals surface area contributed by atoms with Gasteiger partial charge in [0.15, 0.2) is 0 Å². The molecule has 1 aromatic rings. The maximum Gasteiger partial charge on any atom is 0.227 e. The first-order chi connectivity index (χ1) is 8.40. The van der Waals surface area contributed by atoms with Gasteiger partial charge in [-0.25, -0.2) is 0 Å². The van der Waals surface area contributed by atoms with Crippen molar-refractivity contribution in [2.24, 2.45) is 0 Å². The highest BCUT2D eigenvalue weighted by Crippen LogP contribution is 2.18. The normalized spacial score (nSPS) is 10.5. The first-order valence-corrected chi connectivity index (χ1v) is 6.25. The standard InChI is InChI=1S/C15H21NO2/c1-10(2)13-6-5-11(3)14(8-13)9-16-15(18)7-12(4)17/h5-6,8,10H,7,9H2,1-4H3,(H,16,18). The van der Waals surface area contributed by atoms with Crippen LogP contribution in [0.3, 0.4) is 0 Å². The molecule has 1 rings (SSSR count). The number of aryl methyl sites for hydroxylation is 1. The quantitative estimate of drug-likeness (QED) is 0.813. The smallest absolute Gasteiger partial charge is 0.227 e. The van der Waals surface area contributed by atoms with Gasteiger partial charge in [0, 0.05) is 6.54 Å². The van der Waals surface area contributed by atoms with E-state index in [2.05, 4.69) is 37.4 Å². The third kappa shape index (κ3) is 4.32. The summed E-state index contributed by atoms with van der Waals surface area (Å²) in [6.07, 6.45) is -0.0388. The van der Waals surface area contributed by atoms with Gasteiger partial charge in [-0.15, -0.1) is 0 Å². The molecule has 3 heteroatoms. The van der Waals surface area contributed by atoms with Crippen molar-refractivity contribution in [2.45, 2.75) is 46.6 Å². The van der Waals surface area contributed by atoms with Crippen molar-refractivity contribution in [3.63, 3.8) is 0 Å². The lowest BCUT2D eigenvalue weighted by atomic mass is 9.98. The molecule has 0 bridgehead atoms. The summed E-state index contributed by atoms with van der Waals surface area (Å²) in [4.78, 5) is 22.2. The summed E-state index contributed by atoms with van der Waals surface area (Å²) >= 11 is 0. The van der Waals surface area contributed by atoms with Crippen molar-refractivity contribution in [3.05, 3.63) is 34.9 Å². The van der Waals surface area contributed by atoms with Crippen LogP contribution in [0.2, 0.25) is 0 Å². The Kier molecular flexibility index (Phi) is 5.08. The van der Waals surface area contributed by atoms with Gasteiger partial charge in [-0.3, -0.25) is 9.59 Å². The Balaban J connectivity index is 2.69. The van der Waals surface area contributed by atoms with Crippen molar-refractivity contribution in [2.75, 3.05) is 0 Å². The zero-order valence-corrected chi connectivity index (χ0v) is 11.5. The molecule has 0 heterocycles. The van der Waals surface area contributed by atoms with E-state index in [9.17, 15) is 9.59 Å². The number of hydrogen-bond acceptors (Lipinski definition) is 2. The van der Waals surface area contributed by atoms with E-state index in [0.29, 0.717) is 12.5 Å². The van der Waals surface area contributed by atoms with Crippen molar-refractivity contribution < 1.29 is 9.59 Å². The van der Waals surface area contributed by atoms with E-state index in [1.165, 1.54) is 12.5 Å². The monoisotopic (exact) mass is 247 g/mol. The van der Waals surface area contributed by atoms with E-state index in [1.807, 2.05) is 6.92 Å². The molecule has 0 unspecified atom stereocenters. The van der Waals surface area contributed by atoms with Gasteiger partial charge in [0.05, 0.1) is 6.42 Å². The van der Waals surface area contributed by atoms with Gasteiger partial charge in [0.1, 0.15) is 5.78 Å². The predicted molar refractivity (Wildman–Crippen MR) is 72.4 cm³/mol. The number of nitrogens with one attached hydrogen (secondary N) is 1. The first-order valence-electron chi connectivity index (χ1n) is 6.25. The van der Waals surface area contributed by atoms with Crippen LogP contribution >= 0.6 is 0 Å². The fourth-order valence-corrected chi connectivity index (χ4v) is 1.72. The number of Topliss-reactive ketones (excluding diaryl/α,β-unsaturated/α-hetero) is 1. The molecular weight excluding hydrogens is 226 g/mol. The Hall–Kier alpha value is -1.64. The molecule has 0 saturated heterocycles. The van der Waals surface area contributed by atoms with E-state index in [1.54, 1.807) is 0 Å². The summed E-state index contributed by atoms with van der Waals surface area (Å²) in [5.74, 6) is 0.147. The van der Waals surface area contributed by atoms with Crippen LogP contribution in [0.1, 0.15) is 49.8 Å². The second-order valence-corrected chi connectivity index (χ2v) is 5.00. The van der Waals surface area contributed by atoms with Crippen LogP contribution in [-0.4, -0.2) is 11.7 Å². The summed E-state index contributed by atoms with van der Waals surface area (Å²) < 4.78 is 0. The Morgan fingerprint density at radius 2 is 1.94 bits per heavy atom. The van der Waals surface area contributed by atoms with Gasteiger partial charge in [-0.2, -0.15) is 0 Å². The summed E-state index contributed by atoms with van der Waals surface area (Å²) in [5.41, 5.74) is 3.53. The lowest BCUT2D eigenvalue weighted by Gasteiger charge is -2.12. The van der Waals surface area contributed by atoms with Crippen molar-refractivity contribution in [3.8, 4) is 0 Å². The second-order valence-electron chi connectivity index (χ2n) is 5.00. The van der Waals surface area contributed by atoms with Crippen LogP contribution < -0.4 is 5.32 Å². The highest BCUT2D eigenvalue weighted by Gasteiger charge is 2.07. The van der Waals surface area contributed by atoms with Crippen LogP contribution in [0.25, 0.3) is 0 Å². The van der Waals surface area contributed by atoms with E-state index in [4.69, 9.17) is 0 Å². The number of benzene rings is 1. The van der Waals surface area contributed by atoms with Crippen LogP contribution in [0.4, 0.5) is 0 Å². The summed E-state index contributed by atoms with van der Waals surface area (Å²) in [5, 5.41) is 2.78. The molecule has 0 aromatic heterocycles. The first kappa shape index (κ1) is 14.4. The van der Waals surface area contributed by atoms with Crippen LogP contribution in [0.15, 0.2) is 18.2 Å². The number of hydrogen-bond donors (Lipinski definition) is 1. The number of carbonyl (C=O) groups is 2. The average Bonchev–Trinajstić information content (AvgIpc) is 2.26. The van der Waals surface area contributed by atoms with E-state index >= 15 is 0 Å². The van der Waals surface area contributed by atoms with E-state index in [-0.39, 0.29) is 18.1 Å². The van der Waals surface area contributed by atoms with Crippen LogP contribution in [-0.2, 0) is 16.1 Å². The highest BCUT2D eigenvalue weighted by atomic mass is 16.2. The van der Waals surface area contributed by atoms with Gasteiger partial charge in [0.25, 0.3) is 0 Å². The van der Waals surface area contributed by atoms with Crippen LogP contribution in [0, 0.1) is 6.92 Å². The van der Waals surface area contributed by atoms with Crippen molar-refractivity contribution in [1.29, 1.82) is 0 Å². The summed E-state index contributed by atoms with van der Waals surface area (Å²) in [7, 11) is 0. The number of amides is 1. The molecule has 98 valence electrons. The lowest BCUT2D eigenvalue weighted by molar-refractivity contribution is -0.127. The zero-order chi connectivity index (χ0) is 13.7. The van der Waals surface area contributed by atoms with Gasteiger partial charge in [-0.05, 0) is 36.5 Å². The Labute approximate surface area is 109 Å². The fourth-order valence-electron chi connectivity index (χ4n) is 1.72. The molecule has 0 fully saturated rings. The maximum atomic E-state index is 11.4. The number of ketones is 1. The number of rotatable bonds is 5. The second kappa shape index (κ2) is 6.34. The molecule has 1 N–H and O–H groups in total. The maximum absolute atomic E-state index is 11.4. The fraction of sp³-hybridized carbons (Fsp3) is 0.467. The molecule has 0 aliphatic rings. The van der Waals surface area contributed by atoms with Crippen molar-refractivity contribution >= 4 is 11.7 Å². The molecular formula is C15H21NO2. The molecule has 1 aromatic carbocycles. The summed E-state index contributed by atoms with van der Waals surface area (Å²) in [6, 6.07) is 6.30. The molecule has 18 heavy (non-hydrogen) atoms. The molecule has 0 atom stereocenters. The van der Waals surface area contributed by atoms with Crippen LogP contribution in [0.5, 0.6) is 0 Å². The van der Waals surface area contributed by atoms with Gasteiger partial charge in [0.2, 0.25) is 5.91 Å². The number of carbonyl (C=O) groups excluding carboxylic acids is 2. The highest BCUT2D eigenvalue weighted by molar-refractivity contribution is 5.96. The minimum absolute atomic E-state index is 0.0388. The molecule has 1 amide bonds. The van der Waals surface area contributed by atoms with Gasteiger partial charge >= 0.3 is 0 Å². The Morgan fingerprint density at radius 1 is 1.28 bits per heavy atom.